The molecule has 4 nitrogen and oxygen atoms in total. The zero-order valence-electron chi connectivity index (χ0n) is 18.4. The highest BCUT2D eigenvalue weighted by molar-refractivity contribution is 8.26. The van der Waals surface area contributed by atoms with Crippen molar-refractivity contribution in [3.8, 4) is 16.9 Å². The van der Waals surface area contributed by atoms with Gasteiger partial charge in [0.25, 0.3) is 5.91 Å². The van der Waals surface area contributed by atoms with Gasteiger partial charge in [-0.25, -0.2) is 4.68 Å². The van der Waals surface area contributed by atoms with Crippen LogP contribution in [0.2, 0.25) is 0 Å². The van der Waals surface area contributed by atoms with Gasteiger partial charge in [0.15, 0.2) is 0 Å². The first-order chi connectivity index (χ1) is 16.1. The summed E-state index contributed by atoms with van der Waals surface area (Å²) < 4.78 is 2.41. The Morgan fingerprint density at radius 3 is 2.61 bits per heavy atom. The Hall–Kier alpha value is -2.61. The fourth-order valence-electron chi connectivity index (χ4n) is 3.40. The minimum absolute atomic E-state index is 0.0917. The van der Waals surface area contributed by atoms with Crippen molar-refractivity contribution in [1.82, 2.24) is 14.7 Å². The molecule has 0 saturated carbocycles. The van der Waals surface area contributed by atoms with Crippen molar-refractivity contribution in [1.29, 1.82) is 0 Å². The Bertz CT molecular complexity index is 1180. The molecule has 0 spiro atoms. The smallest absolute Gasteiger partial charge is 0.266 e. The lowest BCUT2D eigenvalue weighted by atomic mass is 10.1. The molecular formula is C26H25N3OS3. The third kappa shape index (κ3) is 5.49. The first-order valence-corrected chi connectivity index (χ1v) is 13.1. The first kappa shape index (κ1) is 23.5. The summed E-state index contributed by atoms with van der Waals surface area (Å²) in [6, 6.07) is 18.5. The second-order valence-electron chi connectivity index (χ2n) is 7.52. The molecular weight excluding hydrogens is 467 g/mol. The molecule has 0 unspecified atom stereocenters. The number of thioether (sulfide) groups is 2. The van der Waals surface area contributed by atoms with Crippen LogP contribution in [0.15, 0.2) is 83.2 Å². The summed E-state index contributed by atoms with van der Waals surface area (Å²) in [6.07, 6.45) is 7.96. The molecule has 1 amide bonds. The van der Waals surface area contributed by atoms with E-state index in [-0.39, 0.29) is 5.91 Å². The molecule has 3 aromatic rings. The Labute approximate surface area is 208 Å². The number of hydrogen-bond donors (Lipinski definition) is 0. The average molecular weight is 492 g/mol. The molecule has 7 heteroatoms. The van der Waals surface area contributed by atoms with Crippen LogP contribution >= 0.6 is 35.7 Å². The van der Waals surface area contributed by atoms with Crippen LogP contribution in [0.3, 0.4) is 0 Å². The van der Waals surface area contributed by atoms with E-state index in [1.807, 2.05) is 59.0 Å². The van der Waals surface area contributed by atoms with Crippen LogP contribution in [0.5, 0.6) is 0 Å². The van der Waals surface area contributed by atoms with E-state index in [9.17, 15) is 4.79 Å². The second-order valence-corrected chi connectivity index (χ2v) is 10.4. The summed E-state index contributed by atoms with van der Waals surface area (Å²) in [7, 11) is 0. The van der Waals surface area contributed by atoms with Crippen LogP contribution < -0.4 is 0 Å². The van der Waals surface area contributed by atoms with E-state index < -0.39 is 0 Å². The number of carbonyl (C=O) groups excluding carboxylic acids is 1. The van der Waals surface area contributed by atoms with Gasteiger partial charge in [-0.1, -0.05) is 73.7 Å². The maximum absolute atomic E-state index is 12.9. The maximum atomic E-state index is 12.9. The van der Waals surface area contributed by atoms with Gasteiger partial charge in [0, 0.05) is 28.8 Å². The fourth-order valence-corrected chi connectivity index (χ4v) is 5.66. The number of thiocarbonyl (C=S) groups is 1. The summed E-state index contributed by atoms with van der Waals surface area (Å²) in [4.78, 5) is 16.3. The standard InChI is InChI=1S/C26H25N3OS3/c1-3-5-16-32-22-13-11-19(12-14-22)24-20(18-29(27-24)21-9-7-6-8-10-21)17-23-25(30)28(15-4-2)26(31)33-23/h4,6-14,17-18H,2-3,5,15-16H2,1H3. The molecule has 1 aromatic heterocycles. The molecule has 168 valence electrons. The van der Waals surface area contributed by atoms with Gasteiger partial charge in [0.2, 0.25) is 0 Å². The average Bonchev–Trinajstić information content (AvgIpc) is 3.37. The van der Waals surface area contributed by atoms with Crippen LogP contribution in [0, 0.1) is 0 Å². The van der Waals surface area contributed by atoms with Crippen LogP contribution in [0.4, 0.5) is 0 Å². The second kappa shape index (κ2) is 11.0. The number of benzene rings is 2. The van der Waals surface area contributed by atoms with E-state index in [0.29, 0.717) is 15.8 Å². The van der Waals surface area contributed by atoms with E-state index >= 15 is 0 Å². The Kier molecular flexibility index (Phi) is 7.85. The van der Waals surface area contributed by atoms with Crippen molar-refractivity contribution in [2.75, 3.05) is 12.3 Å². The molecule has 1 aliphatic rings. The highest BCUT2D eigenvalue weighted by Crippen LogP contribution is 2.35. The van der Waals surface area contributed by atoms with Gasteiger partial charge in [-0.2, -0.15) is 5.10 Å². The van der Waals surface area contributed by atoms with E-state index in [1.165, 1.54) is 29.5 Å². The number of nitrogens with zero attached hydrogens (tertiary/aromatic N) is 3. The van der Waals surface area contributed by atoms with Gasteiger partial charge in [-0.3, -0.25) is 9.69 Å². The topological polar surface area (TPSA) is 38.1 Å². The zero-order valence-corrected chi connectivity index (χ0v) is 20.9. The maximum Gasteiger partial charge on any atom is 0.266 e. The third-order valence-corrected chi connectivity index (χ3v) is 7.61. The van der Waals surface area contributed by atoms with Gasteiger partial charge in [-0.05, 0) is 42.5 Å². The number of carbonyl (C=O) groups is 1. The van der Waals surface area contributed by atoms with E-state index in [2.05, 4.69) is 37.8 Å². The van der Waals surface area contributed by atoms with Crippen molar-refractivity contribution >= 4 is 52.0 Å². The van der Waals surface area contributed by atoms with Crippen molar-refractivity contribution < 1.29 is 4.79 Å². The quantitative estimate of drug-likeness (QED) is 0.108. The van der Waals surface area contributed by atoms with Crippen LogP contribution in [0.25, 0.3) is 23.0 Å². The number of hydrogen-bond acceptors (Lipinski definition) is 5. The Morgan fingerprint density at radius 1 is 1.15 bits per heavy atom. The van der Waals surface area contributed by atoms with Crippen LogP contribution in [-0.2, 0) is 4.79 Å². The number of para-hydroxylation sites is 1. The molecule has 0 bridgehead atoms. The fraction of sp³-hybridized carbons (Fsp3) is 0.192. The summed E-state index contributed by atoms with van der Waals surface area (Å²) in [5, 5.41) is 4.88. The lowest BCUT2D eigenvalue weighted by Crippen LogP contribution is -2.27. The largest absolute Gasteiger partial charge is 0.289 e. The number of aromatic nitrogens is 2. The molecule has 2 aromatic carbocycles. The lowest BCUT2D eigenvalue weighted by Gasteiger charge is -2.10. The van der Waals surface area contributed by atoms with Gasteiger partial charge < -0.3 is 0 Å². The summed E-state index contributed by atoms with van der Waals surface area (Å²) in [5.74, 6) is 1.03. The molecule has 0 N–H and O–H groups in total. The number of rotatable bonds is 9. The number of amides is 1. The first-order valence-electron chi connectivity index (χ1n) is 10.8. The highest BCUT2D eigenvalue weighted by atomic mass is 32.2. The van der Waals surface area contributed by atoms with Crippen molar-refractivity contribution in [3.05, 3.63) is 83.9 Å². The van der Waals surface area contributed by atoms with Gasteiger partial charge in [-0.15, -0.1) is 18.3 Å². The van der Waals surface area contributed by atoms with Gasteiger partial charge in [0.05, 0.1) is 16.3 Å². The predicted octanol–water partition coefficient (Wildman–Crippen LogP) is 6.82. The van der Waals surface area contributed by atoms with Crippen molar-refractivity contribution in [3.63, 3.8) is 0 Å². The van der Waals surface area contributed by atoms with Gasteiger partial charge in [0.1, 0.15) is 4.32 Å². The predicted molar refractivity (Wildman–Crippen MR) is 145 cm³/mol. The number of unbranched alkanes of at least 4 members (excludes halogenated alkanes) is 1. The van der Waals surface area contributed by atoms with Crippen LogP contribution in [0.1, 0.15) is 25.3 Å². The molecule has 0 radical (unpaired) electrons. The summed E-state index contributed by atoms with van der Waals surface area (Å²) >= 11 is 8.59. The van der Waals surface area contributed by atoms with Crippen molar-refractivity contribution in [2.24, 2.45) is 0 Å². The minimum Gasteiger partial charge on any atom is -0.289 e. The molecule has 0 atom stereocenters. The lowest BCUT2D eigenvalue weighted by molar-refractivity contribution is -0.121. The van der Waals surface area contributed by atoms with E-state index in [4.69, 9.17) is 17.3 Å². The molecule has 2 heterocycles. The molecule has 1 fully saturated rings. The minimum atomic E-state index is -0.0917. The molecule has 1 saturated heterocycles. The van der Waals surface area contributed by atoms with Crippen molar-refractivity contribution in [2.45, 2.75) is 24.7 Å². The van der Waals surface area contributed by atoms with Crippen LogP contribution in [-0.4, -0.2) is 37.2 Å². The monoisotopic (exact) mass is 491 g/mol. The normalized spacial score (nSPS) is 14.9. The summed E-state index contributed by atoms with van der Waals surface area (Å²) in [6.45, 7) is 6.35. The molecule has 33 heavy (non-hydrogen) atoms. The Balaban J connectivity index is 1.71. The molecule has 4 rings (SSSR count). The van der Waals surface area contributed by atoms with E-state index in [0.717, 1.165) is 28.3 Å². The molecule has 1 aliphatic heterocycles. The SMILES string of the molecule is C=CCN1C(=O)C(=Cc2cn(-c3ccccc3)nc2-c2ccc(SCCCC)cc2)SC1=S. The van der Waals surface area contributed by atoms with E-state index in [1.54, 1.807) is 11.0 Å². The summed E-state index contributed by atoms with van der Waals surface area (Å²) in [5.41, 5.74) is 3.68. The third-order valence-electron chi connectivity index (χ3n) is 5.13. The van der Waals surface area contributed by atoms with Gasteiger partial charge >= 0.3 is 0 Å². The highest BCUT2D eigenvalue weighted by Gasteiger charge is 2.31. The molecule has 0 aliphatic carbocycles. The Morgan fingerprint density at radius 2 is 1.91 bits per heavy atom. The zero-order chi connectivity index (χ0) is 23.2.